The SMILES string of the molecule is Cc1nc(SCC(=O)NCCN2CC[C@@H](c3ccccc3C)C2)n[nH]1. The minimum atomic E-state index is 0.0297. The van der Waals surface area contributed by atoms with Crippen LogP contribution in [-0.2, 0) is 4.79 Å². The summed E-state index contributed by atoms with van der Waals surface area (Å²) in [5.41, 5.74) is 2.84. The summed E-state index contributed by atoms with van der Waals surface area (Å²) in [6.07, 6.45) is 1.19. The van der Waals surface area contributed by atoms with Gasteiger partial charge >= 0.3 is 0 Å². The Labute approximate surface area is 152 Å². The smallest absolute Gasteiger partial charge is 0.230 e. The van der Waals surface area contributed by atoms with Gasteiger partial charge in [0.15, 0.2) is 0 Å². The molecule has 25 heavy (non-hydrogen) atoms. The second kappa shape index (κ2) is 8.49. The maximum absolute atomic E-state index is 11.9. The third kappa shape index (κ3) is 5.06. The summed E-state index contributed by atoms with van der Waals surface area (Å²) in [5.74, 6) is 1.76. The van der Waals surface area contributed by atoms with Gasteiger partial charge in [-0.25, -0.2) is 4.98 Å². The lowest BCUT2D eigenvalue weighted by atomic mass is 9.94. The minimum absolute atomic E-state index is 0.0297. The van der Waals surface area contributed by atoms with E-state index in [9.17, 15) is 4.79 Å². The van der Waals surface area contributed by atoms with Gasteiger partial charge in [-0.15, -0.1) is 5.10 Å². The molecule has 0 bridgehead atoms. The average molecular weight is 359 g/mol. The minimum Gasteiger partial charge on any atom is -0.354 e. The van der Waals surface area contributed by atoms with E-state index < -0.39 is 0 Å². The van der Waals surface area contributed by atoms with E-state index in [1.807, 2.05) is 6.92 Å². The van der Waals surface area contributed by atoms with Crippen LogP contribution in [0.5, 0.6) is 0 Å². The predicted octanol–water partition coefficient (Wildman–Crippen LogP) is 2.12. The average Bonchev–Trinajstić information content (AvgIpc) is 3.22. The fourth-order valence-corrected chi connectivity index (χ4v) is 3.93. The monoisotopic (exact) mass is 359 g/mol. The van der Waals surface area contributed by atoms with E-state index >= 15 is 0 Å². The molecular formula is C18H25N5OS. The molecule has 1 atom stereocenters. The second-order valence-corrected chi connectivity index (χ2v) is 7.43. The zero-order valence-corrected chi connectivity index (χ0v) is 15.6. The number of aryl methyl sites for hydroxylation is 2. The Morgan fingerprint density at radius 2 is 2.24 bits per heavy atom. The van der Waals surface area contributed by atoms with Crippen LogP contribution in [0.2, 0.25) is 0 Å². The molecule has 0 saturated carbocycles. The molecule has 2 heterocycles. The molecule has 1 aliphatic heterocycles. The molecule has 2 N–H and O–H groups in total. The highest BCUT2D eigenvalue weighted by Gasteiger charge is 2.24. The summed E-state index contributed by atoms with van der Waals surface area (Å²) < 4.78 is 0. The van der Waals surface area contributed by atoms with Crippen molar-refractivity contribution in [3.05, 3.63) is 41.2 Å². The number of thioether (sulfide) groups is 1. The Kier molecular flexibility index (Phi) is 6.09. The molecule has 0 radical (unpaired) electrons. The Morgan fingerprint density at radius 1 is 1.40 bits per heavy atom. The molecule has 0 spiro atoms. The Balaban J connectivity index is 1.35. The van der Waals surface area contributed by atoms with Crippen molar-refractivity contribution in [3.63, 3.8) is 0 Å². The number of benzene rings is 1. The van der Waals surface area contributed by atoms with Gasteiger partial charge in [0.2, 0.25) is 11.1 Å². The lowest BCUT2D eigenvalue weighted by Gasteiger charge is -2.17. The van der Waals surface area contributed by atoms with Crippen LogP contribution in [0.3, 0.4) is 0 Å². The molecule has 3 rings (SSSR count). The van der Waals surface area contributed by atoms with Crippen LogP contribution in [0.25, 0.3) is 0 Å². The second-order valence-electron chi connectivity index (χ2n) is 6.48. The van der Waals surface area contributed by atoms with E-state index in [2.05, 4.69) is 56.6 Å². The summed E-state index contributed by atoms with van der Waals surface area (Å²) in [6.45, 7) is 7.79. The molecule has 6 nitrogen and oxygen atoms in total. The quantitative estimate of drug-likeness (QED) is 0.741. The van der Waals surface area contributed by atoms with Crippen molar-refractivity contribution >= 4 is 17.7 Å². The van der Waals surface area contributed by atoms with Crippen molar-refractivity contribution in [2.75, 3.05) is 31.9 Å². The summed E-state index contributed by atoms with van der Waals surface area (Å²) in [7, 11) is 0. The maximum atomic E-state index is 11.9. The van der Waals surface area contributed by atoms with E-state index in [-0.39, 0.29) is 5.91 Å². The summed E-state index contributed by atoms with van der Waals surface area (Å²) in [4.78, 5) is 18.5. The van der Waals surface area contributed by atoms with Crippen LogP contribution in [0, 0.1) is 13.8 Å². The van der Waals surface area contributed by atoms with Gasteiger partial charge in [-0.1, -0.05) is 36.0 Å². The lowest BCUT2D eigenvalue weighted by Crippen LogP contribution is -2.34. The van der Waals surface area contributed by atoms with Crippen molar-refractivity contribution in [3.8, 4) is 0 Å². The molecular weight excluding hydrogens is 334 g/mol. The molecule has 1 fully saturated rings. The number of likely N-dealkylation sites (tertiary alicyclic amines) is 1. The molecule has 0 unspecified atom stereocenters. The zero-order chi connectivity index (χ0) is 17.6. The number of rotatable bonds is 7. The van der Waals surface area contributed by atoms with E-state index in [0.717, 1.165) is 25.5 Å². The number of hydrogen-bond donors (Lipinski definition) is 2. The molecule has 134 valence electrons. The predicted molar refractivity (Wildman–Crippen MR) is 99.8 cm³/mol. The molecule has 1 aliphatic rings. The van der Waals surface area contributed by atoms with Gasteiger partial charge in [0.25, 0.3) is 0 Å². The van der Waals surface area contributed by atoms with Crippen molar-refractivity contribution in [1.29, 1.82) is 0 Å². The first-order valence-corrected chi connectivity index (χ1v) is 9.67. The Hall–Kier alpha value is -1.86. The number of nitrogens with zero attached hydrogens (tertiary/aromatic N) is 3. The Bertz CT molecular complexity index is 717. The molecule has 1 aromatic carbocycles. The highest BCUT2D eigenvalue weighted by molar-refractivity contribution is 7.99. The van der Waals surface area contributed by atoms with Crippen LogP contribution in [-0.4, -0.2) is 57.9 Å². The van der Waals surface area contributed by atoms with Gasteiger partial charge in [-0.2, -0.15) is 0 Å². The van der Waals surface area contributed by atoms with Crippen LogP contribution in [0.4, 0.5) is 0 Å². The maximum Gasteiger partial charge on any atom is 0.230 e. The topological polar surface area (TPSA) is 73.9 Å². The third-order valence-electron chi connectivity index (χ3n) is 4.56. The van der Waals surface area contributed by atoms with Gasteiger partial charge < -0.3 is 10.2 Å². The number of amides is 1. The highest BCUT2D eigenvalue weighted by atomic mass is 32.2. The standard InChI is InChI=1S/C18H25N5OS/c1-13-5-3-4-6-16(13)15-7-9-23(11-15)10-8-19-17(24)12-25-18-20-14(2)21-22-18/h3-6,15H,7-12H2,1-2H3,(H,19,24)(H,20,21,22)/t15-/m1/s1. The van der Waals surface area contributed by atoms with Gasteiger partial charge in [0, 0.05) is 19.6 Å². The van der Waals surface area contributed by atoms with Crippen molar-refractivity contribution in [1.82, 2.24) is 25.4 Å². The fraction of sp³-hybridized carbons (Fsp3) is 0.500. The van der Waals surface area contributed by atoms with Gasteiger partial charge in [0.05, 0.1) is 5.75 Å². The first kappa shape index (κ1) is 17.9. The first-order chi connectivity index (χ1) is 12.1. The van der Waals surface area contributed by atoms with Gasteiger partial charge in [-0.05, 0) is 43.9 Å². The molecule has 1 saturated heterocycles. The normalized spacial score (nSPS) is 17.8. The van der Waals surface area contributed by atoms with Crippen molar-refractivity contribution in [2.45, 2.75) is 31.3 Å². The highest BCUT2D eigenvalue weighted by Crippen LogP contribution is 2.28. The van der Waals surface area contributed by atoms with Crippen LogP contribution < -0.4 is 5.32 Å². The van der Waals surface area contributed by atoms with E-state index in [4.69, 9.17) is 0 Å². The number of carbonyl (C=O) groups is 1. The van der Waals surface area contributed by atoms with Crippen LogP contribution in [0.15, 0.2) is 29.4 Å². The number of hydrogen-bond acceptors (Lipinski definition) is 5. The molecule has 1 amide bonds. The van der Waals surface area contributed by atoms with Crippen LogP contribution >= 0.6 is 11.8 Å². The van der Waals surface area contributed by atoms with E-state index in [1.54, 1.807) is 0 Å². The Morgan fingerprint density at radius 3 is 3.00 bits per heavy atom. The third-order valence-corrected chi connectivity index (χ3v) is 5.41. The number of H-pyrrole nitrogens is 1. The first-order valence-electron chi connectivity index (χ1n) is 8.68. The fourth-order valence-electron chi connectivity index (χ4n) is 3.26. The number of carbonyl (C=O) groups excluding carboxylic acids is 1. The van der Waals surface area contributed by atoms with Gasteiger partial charge in [0.1, 0.15) is 5.82 Å². The summed E-state index contributed by atoms with van der Waals surface area (Å²) in [6, 6.07) is 8.65. The molecule has 1 aromatic heterocycles. The number of aromatic amines is 1. The molecule has 2 aromatic rings. The van der Waals surface area contributed by atoms with Gasteiger partial charge in [-0.3, -0.25) is 9.89 Å². The summed E-state index contributed by atoms with van der Waals surface area (Å²) in [5, 5.41) is 10.4. The number of nitrogens with one attached hydrogen (secondary N) is 2. The van der Waals surface area contributed by atoms with E-state index in [0.29, 0.717) is 23.4 Å². The van der Waals surface area contributed by atoms with Crippen LogP contribution in [0.1, 0.15) is 29.3 Å². The van der Waals surface area contributed by atoms with Crippen molar-refractivity contribution < 1.29 is 4.79 Å². The number of aromatic nitrogens is 3. The zero-order valence-electron chi connectivity index (χ0n) is 14.8. The molecule has 7 heteroatoms. The van der Waals surface area contributed by atoms with Crippen molar-refractivity contribution in [2.24, 2.45) is 0 Å². The largest absolute Gasteiger partial charge is 0.354 e. The van der Waals surface area contributed by atoms with E-state index in [1.165, 1.54) is 29.3 Å². The lowest BCUT2D eigenvalue weighted by molar-refractivity contribution is -0.118. The summed E-state index contributed by atoms with van der Waals surface area (Å²) >= 11 is 1.35. The molecule has 0 aliphatic carbocycles.